The molecule has 2 aromatic rings. The summed E-state index contributed by atoms with van der Waals surface area (Å²) in [6.45, 7) is 22.1. The average Bonchev–Trinajstić information content (AvgIpc) is 2.74. The average molecular weight is 498 g/mol. The summed E-state index contributed by atoms with van der Waals surface area (Å²) in [5.41, 5.74) is 1.90. The third kappa shape index (κ3) is 8.89. The molecule has 0 unspecified atom stereocenters. The van der Waals surface area contributed by atoms with Crippen LogP contribution >= 0.6 is 0 Å². The molecule has 35 heavy (non-hydrogen) atoms. The maximum atomic E-state index is 13.2. The molecule has 2 rings (SSSR count). The first-order chi connectivity index (χ1) is 16.1. The Morgan fingerprint density at radius 1 is 0.886 bits per heavy atom. The topological polar surface area (TPSA) is 38.8 Å². The molecule has 2 aromatic carbocycles. The third-order valence-corrected chi connectivity index (χ3v) is 11.6. The van der Waals surface area contributed by atoms with Crippen molar-refractivity contribution in [3.63, 3.8) is 0 Å². The molecule has 0 spiro atoms. The predicted molar refractivity (Wildman–Crippen MR) is 149 cm³/mol. The van der Waals surface area contributed by atoms with Gasteiger partial charge < -0.3 is 9.16 Å². The van der Waals surface area contributed by atoms with Gasteiger partial charge in [0.15, 0.2) is 8.32 Å². The van der Waals surface area contributed by atoms with E-state index in [1.54, 1.807) is 0 Å². The van der Waals surface area contributed by atoms with Crippen LogP contribution in [0.3, 0.4) is 0 Å². The van der Waals surface area contributed by atoms with Gasteiger partial charge in [-0.1, -0.05) is 81.4 Å². The number of carbonyl (C=O) groups excluding carboxylic acids is 1. The lowest BCUT2D eigenvalue weighted by atomic mass is 9.99. The number of esters is 1. The number of hydrogen-bond donors (Lipinski definition) is 0. The summed E-state index contributed by atoms with van der Waals surface area (Å²) in [6.07, 6.45) is 0.134. The van der Waals surface area contributed by atoms with E-state index in [1.807, 2.05) is 32.9 Å². The van der Waals surface area contributed by atoms with E-state index in [4.69, 9.17) is 9.16 Å². The van der Waals surface area contributed by atoms with E-state index in [2.05, 4.69) is 101 Å². The van der Waals surface area contributed by atoms with Crippen molar-refractivity contribution in [2.24, 2.45) is 0 Å². The molecule has 0 aliphatic rings. The monoisotopic (exact) mass is 497 g/mol. The van der Waals surface area contributed by atoms with Crippen LogP contribution < -0.4 is 0 Å². The third-order valence-electron chi connectivity index (χ3n) is 7.04. The molecule has 0 fully saturated rings. The zero-order chi connectivity index (χ0) is 26.4. The van der Waals surface area contributed by atoms with E-state index in [0.717, 1.165) is 6.54 Å². The van der Waals surface area contributed by atoms with Gasteiger partial charge >= 0.3 is 5.97 Å². The maximum Gasteiger partial charge on any atom is 0.307 e. The van der Waals surface area contributed by atoms with Crippen LogP contribution in [-0.4, -0.2) is 36.9 Å². The summed E-state index contributed by atoms with van der Waals surface area (Å²) in [4.78, 5) is 15.6. The standard InChI is InChI=1S/C30H47NO3Si/c1-23(26-19-15-12-16-20-26)31(22-25-17-13-11-14-18-25)27(21-28(32)33-29(3,4)5)24(2)34-35(9,10)30(6,7)8/h11-20,23-24,27H,21-22H2,1-10H3/t23-,24+,27+/m1/s1. The molecule has 0 radical (unpaired) electrons. The van der Waals surface area contributed by atoms with Crippen molar-refractivity contribution in [3.8, 4) is 0 Å². The van der Waals surface area contributed by atoms with Gasteiger partial charge in [-0.05, 0) is 63.9 Å². The van der Waals surface area contributed by atoms with Crippen molar-refractivity contribution < 1.29 is 14.0 Å². The van der Waals surface area contributed by atoms with Gasteiger partial charge in [-0.2, -0.15) is 0 Å². The lowest BCUT2D eigenvalue weighted by molar-refractivity contribution is -0.157. The quantitative estimate of drug-likeness (QED) is 0.248. The van der Waals surface area contributed by atoms with Gasteiger partial charge in [0.2, 0.25) is 0 Å². The molecule has 0 aromatic heterocycles. The van der Waals surface area contributed by atoms with E-state index in [0.29, 0.717) is 0 Å². The Balaban J connectivity index is 2.50. The van der Waals surface area contributed by atoms with Crippen molar-refractivity contribution in [2.75, 3.05) is 0 Å². The van der Waals surface area contributed by atoms with Gasteiger partial charge in [-0.25, -0.2) is 0 Å². The highest BCUT2D eigenvalue weighted by Crippen LogP contribution is 2.39. The highest BCUT2D eigenvalue weighted by atomic mass is 28.4. The van der Waals surface area contributed by atoms with Crippen LogP contribution in [0.1, 0.15) is 79.0 Å². The molecule has 194 valence electrons. The molecule has 0 aliphatic carbocycles. The summed E-state index contributed by atoms with van der Waals surface area (Å²) < 4.78 is 12.7. The first-order valence-electron chi connectivity index (χ1n) is 12.8. The van der Waals surface area contributed by atoms with Crippen LogP contribution in [0, 0.1) is 0 Å². The zero-order valence-electron chi connectivity index (χ0n) is 23.6. The smallest absolute Gasteiger partial charge is 0.307 e. The normalized spacial score (nSPS) is 15.5. The largest absolute Gasteiger partial charge is 0.460 e. The molecule has 0 heterocycles. The van der Waals surface area contributed by atoms with E-state index < -0.39 is 13.9 Å². The molecule has 5 heteroatoms. The molecular formula is C30H47NO3Si. The number of rotatable bonds is 10. The van der Waals surface area contributed by atoms with Gasteiger partial charge in [0.1, 0.15) is 5.60 Å². The number of hydrogen-bond acceptors (Lipinski definition) is 4. The Kier molecular flexibility index (Phi) is 9.92. The molecule has 4 nitrogen and oxygen atoms in total. The molecule has 0 amide bonds. The first kappa shape index (κ1) is 29.3. The molecule has 0 saturated carbocycles. The van der Waals surface area contributed by atoms with Gasteiger partial charge in [0, 0.05) is 18.6 Å². The lowest BCUT2D eigenvalue weighted by Gasteiger charge is -2.44. The Bertz CT molecular complexity index is 916. The number of nitrogens with zero attached hydrogens (tertiary/aromatic N) is 1. The summed E-state index contributed by atoms with van der Waals surface area (Å²) in [7, 11) is -2.06. The molecule has 0 saturated heterocycles. The van der Waals surface area contributed by atoms with Crippen LogP contribution in [0.2, 0.25) is 18.1 Å². The molecule has 3 atom stereocenters. The van der Waals surface area contributed by atoms with Crippen LogP contribution in [0.5, 0.6) is 0 Å². The summed E-state index contributed by atoms with van der Waals surface area (Å²) in [5.74, 6) is -0.188. The number of ether oxygens (including phenoxy) is 1. The van der Waals surface area contributed by atoms with Crippen molar-refractivity contribution in [2.45, 2.75) is 110 Å². The van der Waals surface area contributed by atoms with E-state index in [-0.39, 0.29) is 35.6 Å². The highest BCUT2D eigenvalue weighted by Gasteiger charge is 2.42. The van der Waals surface area contributed by atoms with Crippen LogP contribution in [0.4, 0.5) is 0 Å². The van der Waals surface area contributed by atoms with Crippen molar-refractivity contribution in [3.05, 3.63) is 71.8 Å². The summed E-state index contributed by atoms with van der Waals surface area (Å²) >= 11 is 0. The van der Waals surface area contributed by atoms with E-state index in [1.165, 1.54) is 11.1 Å². The van der Waals surface area contributed by atoms with Crippen LogP contribution in [0.25, 0.3) is 0 Å². The summed E-state index contributed by atoms with van der Waals surface area (Å²) in [6, 6.07) is 20.9. The Labute approximate surface area is 215 Å². The van der Waals surface area contributed by atoms with Crippen LogP contribution in [0.15, 0.2) is 60.7 Å². The first-order valence-corrected chi connectivity index (χ1v) is 15.8. The molecule has 0 bridgehead atoms. The fourth-order valence-corrected chi connectivity index (χ4v) is 5.53. The maximum absolute atomic E-state index is 13.2. The zero-order valence-corrected chi connectivity index (χ0v) is 24.6. The van der Waals surface area contributed by atoms with E-state index in [9.17, 15) is 4.79 Å². The molecular weight excluding hydrogens is 450 g/mol. The van der Waals surface area contributed by atoms with Gasteiger partial charge in [0.25, 0.3) is 0 Å². The highest BCUT2D eigenvalue weighted by molar-refractivity contribution is 6.74. The lowest BCUT2D eigenvalue weighted by Crippen LogP contribution is -2.52. The summed E-state index contributed by atoms with van der Waals surface area (Å²) in [5, 5.41) is 0.0764. The van der Waals surface area contributed by atoms with Crippen molar-refractivity contribution >= 4 is 14.3 Å². The molecule has 0 aliphatic heterocycles. The van der Waals surface area contributed by atoms with Crippen LogP contribution in [-0.2, 0) is 20.5 Å². The fraction of sp³-hybridized carbons (Fsp3) is 0.567. The predicted octanol–water partition coefficient (Wildman–Crippen LogP) is 7.76. The minimum Gasteiger partial charge on any atom is -0.460 e. The Hall–Kier alpha value is -1.95. The van der Waals surface area contributed by atoms with Crippen molar-refractivity contribution in [1.29, 1.82) is 0 Å². The Morgan fingerprint density at radius 3 is 1.89 bits per heavy atom. The second-order valence-corrected chi connectivity index (χ2v) is 16.9. The van der Waals surface area contributed by atoms with Gasteiger partial charge in [-0.3, -0.25) is 9.69 Å². The number of benzene rings is 2. The number of carbonyl (C=O) groups is 1. The molecule has 0 N–H and O–H groups in total. The SMILES string of the molecule is C[C@H](O[Si](C)(C)C(C)(C)C)[C@H](CC(=O)OC(C)(C)C)N(Cc1ccccc1)[C@H](C)c1ccccc1. The second-order valence-electron chi connectivity index (χ2n) is 12.2. The minimum atomic E-state index is -2.06. The minimum absolute atomic E-state index is 0.0764. The second kappa shape index (κ2) is 11.9. The Morgan fingerprint density at radius 2 is 1.40 bits per heavy atom. The fourth-order valence-electron chi connectivity index (χ4n) is 4.09. The van der Waals surface area contributed by atoms with Crippen molar-refractivity contribution in [1.82, 2.24) is 4.90 Å². The van der Waals surface area contributed by atoms with Gasteiger partial charge in [-0.15, -0.1) is 0 Å². The van der Waals surface area contributed by atoms with E-state index >= 15 is 0 Å². The van der Waals surface area contributed by atoms with Gasteiger partial charge in [0.05, 0.1) is 12.5 Å².